The molecule has 0 radical (unpaired) electrons. The van der Waals surface area contributed by atoms with Crippen LogP contribution in [0.5, 0.6) is 0 Å². The molecule has 0 rings (SSSR count). The van der Waals surface area contributed by atoms with Gasteiger partial charge < -0.3 is 4.79 Å². The Morgan fingerprint density at radius 1 is 1.62 bits per heavy atom. The number of carbonyl (C=O) groups excluding carboxylic acids is 1. The summed E-state index contributed by atoms with van der Waals surface area (Å²) in [7, 11) is 0. The second-order valence-electron chi connectivity index (χ2n) is 1.04. The third-order valence-electron chi connectivity index (χ3n) is 0.489. The minimum atomic E-state index is 0. The Hall–Kier alpha value is 0.254. The normalized spacial score (nSPS) is 8.00. The van der Waals surface area contributed by atoms with Crippen LogP contribution >= 0.6 is 0 Å². The molecule has 0 aliphatic heterocycles. The molecule has 0 fully saturated rings. The molecule has 38 valence electrons. The van der Waals surface area contributed by atoms with Gasteiger partial charge in [-0.1, -0.05) is 6.42 Å². The topological polar surface area (TPSA) is 17.1 Å². The van der Waals surface area contributed by atoms with Crippen molar-refractivity contribution in [1.29, 1.82) is 0 Å². The van der Waals surface area contributed by atoms with Gasteiger partial charge in [-0.25, -0.2) is 6.08 Å². The van der Waals surface area contributed by atoms with E-state index in [4.69, 9.17) is 0 Å². The Balaban J connectivity index is 0. The van der Waals surface area contributed by atoms with Gasteiger partial charge in [0.05, 0.1) is 0 Å². The van der Waals surface area contributed by atoms with E-state index in [1.165, 1.54) is 6.08 Å². The van der Waals surface area contributed by atoms with Crippen molar-refractivity contribution in [3.8, 4) is 0 Å². The van der Waals surface area contributed by atoms with Crippen LogP contribution in [0.15, 0.2) is 24.8 Å². The molecule has 0 saturated carbocycles. The van der Waals surface area contributed by atoms with E-state index in [1.54, 1.807) is 18.4 Å². The van der Waals surface area contributed by atoms with E-state index in [0.717, 1.165) is 6.42 Å². The van der Waals surface area contributed by atoms with E-state index in [2.05, 4.69) is 6.58 Å². The van der Waals surface area contributed by atoms with Crippen LogP contribution in [0.2, 0.25) is 0 Å². The maximum atomic E-state index is 9.43. The Bertz CT molecular complexity index is 86.5. The van der Waals surface area contributed by atoms with Crippen molar-refractivity contribution in [2.24, 2.45) is 0 Å². The van der Waals surface area contributed by atoms with E-state index in [0.29, 0.717) is 0 Å². The molecule has 0 aromatic carbocycles. The number of hydrogen-bond acceptors (Lipinski definition) is 1. The van der Waals surface area contributed by atoms with Gasteiger partial charge in [0.15, 0.2) is 0 Å². The van der Waals surface area contributed by atoms with E-state index in [1.807, 2.05) is 0 Å². The standard InChI is InChI=1S/C6H7O.Y/c1-2-3-4-5-6-7;/h2,4-5H,1,3H2;/q-1;+3/b5-4+;. The monoisotopic (exact) mass is 184 g/mol. The van der Waals surface area contributed by atoms with Gasteiger partial charge in [0.1, 0.15) is 0 Å². The third-order valence-corrected chi connectivity index (χ3v) is 0.489. The van der Waals surface area contributed by atoms with Crippen molar-refractivity contribution < 1.29 is 37.5 Å². The van der Waals surface area contributed by atoms with Gasteiger partial charge in [-0.3, -0.25) is 0 Å². The first-order valence-electron chi connectivity index (χ1n) is 2.05. The zero-order valence-corrected chi connectivity index (χ0v) is 7.47. The van der Waals surface area contributed by atoms with Gasteiger partial charge in [0, 0.05) is 0 Å². The first kappa shape index (κ1) is 11.1. The van der Waals surface area contributed by atoms with E-state index < -0.39 is 0 Å². The minimum Gasteiger partial charge on any atom is -0.419 e. The molecule has 0 heterocycles. The van der Waals surface area contributed by atoms with Crippen molar-refractivity contribution in [1.82, 2.24) is 0 Å². The van der Waals surface area contributed by atoms with Gasteiger partial charge in [0.2, 0.25) is 0 Å². The van der Waals surface area contributed by atoms with Crippen LogP contribution in [-0.2, 0) is 37.5 Å². The fraction of sp³-hybridized carbons (Fsp3) is 0.167. The molecule has 0 aromatic heterocycles. The molecule has 0 saturated heterocycles. The van der Waals surface area contributed by atoms with Crippen molar-refractivity contribution in [2.75, 3.05) is 0 Å². The molecule has 0 N–H and O–H groups in total. The number of allylic oxidation sites excluding steroid dienone is 3. The van der Waals surface area contributed by atoms with Crippen molar-refractivity contribution in [3.63, 3.8) is 0 Å². The molecule has 0 unspecified atom stereocenters. The molecule has 2 heteroatoms. The minimum absolute atomic E-state index is 0. The summed E-state index contributed by atoms with van der Waals surface area (Å²) in [5.41, 5.74) is 0. The molecular formula is C6H7OY+2. The fourth-order valence-corrected chi connectivity index (χ4v) is 0.212. The van der Waals surface area contributed by atoms with Gasteiger partial charge in [-0.2, -0.15) is 6.08 Å². The zero-order chi connectivity index (χ0) is 5.54. The van der Waals surface area contributed by atoms with Crippen molar-refractivity contribution in [3.05, 3.63) is 24.8 Å². The van der Waals surface area contributed by atoms with Gasteiger partial charge in [-0.15, -0.1) is 12.7 Å². The summed E-state index contributed by atoms with van der Waals surface area (Å²) in [4.78, 5) is 9.43. The summed E-state index contributed by atoms with van der Waals surface area (Å²) in [5, 5.41) is 0. The van der Waals surface area contributed by atoms with Crippen LogP contribution in [0.1, 0.15) is 6.42 Å². The zero-order valence-electron chi connectivity index (χ0n) is 4.63. The molecular weight excluding hydrogens is 177 g/mol. The summed E-state index contributed by atoms with van der Waals surface area (Å²) in [6.45, 7) is 3.45. The summed E-state index contributed by atoms with van der Waals surface area (Å²) in [6, 6.07) is 0. The average molecular weight is 184 g/mol. The van der Waals surface area contributed by atoms with Crippen molar-refractivity contribution >= 4 is 6.29 Å². The maximum Gasteiger partial charge on any atom is 3.00 e. The maximum absolute atomic E-state index is 9.43. The van der Waals surface area contributed by atoms with Gasteiger partial charge >= 0.3 is 32.7 Å². The number of hydrogen-bond donors (Lipinski definition) is 0. The molecule has 0 atom stereocenters. The summed E-state index contributed by atoms with van der Waals surface area (Å²) < 4.78 is 0. The SMILES string of the molecule is C=CC/C=C/[C-]=O.[Y+3]. The van der Waals surface area contributed by atoms with Gasteiger partial charge in [0.25, 0.3) is 0 Å². The Morgan fingerprint density at radius 2 is 2.25 bits per heavy atom. The first-order valence-corrected chi connectivity index (χ1v) is 2.05. The van der Waals surface area contributed by atoms with Crippen LogP contribution in [0.25, 0.3) is 0 Å². The third kappa shape index (κ3) is 9.54. The van der Waals surface area contributed by atoms with Gasteiger partial charge in [-0.05, 0) is 6.29 Å². The smallest absolute Gasteiger partial charge is 0.419 e. The van der Waals surface area contributed by atoms with Crippen LogP contribution in [0.4, 0.5) is 0 Å². The number of rotatable bonds is 3. The van der Waals surface area contributed by atoms with Crippen molar-refractivity contribution in [2.45, 2.75) is 6.42 Å². The quantitative estimate of drug-likeness (QED) is 0.366. The van der Waals surface area contributed by atoms with Crippen LogP contribution in [-0.4, -0.2) is 6.29 Å². The van der Waals surface area contributed by atoms with E-state index in [9.17, 15) is 4.79 Å². The predicted molar refractivity (Wildman–Crippen MR) is 29.6 cm³/mol. The van der Waals surface area contributed by atoms with E-state index in [-0.39, 0.29) is 32.7 Å². The van der Waals surface area contributed by atoms with Crippen LogP contribution in [0.3, 0.4) is 0 Å². The first-order chi connectivity index (χ1) is 3.41. The summed E-state index contributed by atoms with van der Waals surface area (Å²) >= 11 is 0. The Labute approximate surface area is 74.7 Å². The molecule has 0 aromatic rings. The summed E-state index contributed by atoms with van der Waals surface area (Å²) in [5.74, 6) is 0. The molecule has 0 spiro atoms. The molecule has 1 nitrogen and oxygen atoms in total. The van der Waals surface area contributed by atoms with Crippen LogP contribution in [0, 0.1) is 0 Å². The average Bonchev–Trinajstić information content (AvgIpc) is 1.69. The summed E-state index contributed by atoms with van der Waals surface area (Å²) in [6.07, 6.45) is 7.12. The Kier molecular flexibility index (Phi) is 14.3. The molecule has 0 amide bonds. The molecule has 0 aliphatic carbocycles. The molecule has 0 aliphatic rings. The fourth-order valence-electron chi connectivity index (χ4n) is 0.212. The molecule has 8 heavy (non-hydrogen) atoms. The second-order valence-corrected chi connectivity index (χ2v) is 1.04. The predicted octanol–water partition coefficient (Wildman–Crippen LogP) is 1.23. The second kappa shape index (κ2) is 10.3. The van der Waals surface area contributed by atoms with Crippen LogP contribution < -0.4 is 0 Å². The van der Waals surface area contributed by atoms with E-state index >= 15 is 0 Å². The largest absolute Gasteiger partial charge is 3.00 e. The Morgan fingerprint density at radius 3 is 2.62 bits per heavy atom. The molecule has 0 bridgehead atoms.